The van der Waals surface area contributed by atoms with E-state index in [-0.39, 0.29) is 11.1 Å². The minimum atomic E-state index is -1.03. The molecule has 4 aromatic carbocycles. The first kappa shape index (κ1) is 31.3. The van der Waals surface area contributed by atoms with E-state index < -0.39 is 11.9 Å². The topological polar surface area (TPSA) is 74.6 Å². The molecule has 4 aromatic rings. The van der Waals surface area contributed by atoms with Crippen LogP contribution in [0.15, 0.2) is 119 Å². The van der Waals surface area contributed by atoms with Crippen LogP contribution in [0.25, 0.3) is 0 Å². The molecule has 0 bridgehead atoms. The normalized spacial score (nSPS) is 10.8. The standard InChI is InChI=1S/C14H10O4S.2C9H14N/c15-13(16)9-5-1-3-7-11(9)19-12-8-4-2-6-10(12)14(17)18;2*1-10(2,3)9-7-5-4-6-8-9/h1-8H,(H,15,16)(H,17,18);2*4-8H,1-3H3/q;2*+1. The van der Waals surface area contributed by atoms with Crippen LogP contribution in [0.2, 0.25) is 0 Å². The van der Waals surface area contributed by atoms with E-state index in [0.29, 0.717) is 9.79 Å². The molecule has 7 heteroatoms. The van der Waals surface area contributed by atoms with E-state index in [0.717, 1.165) is 20.7 Å². The molecule has 0 saturated heterocycles. The predicted octanol–water partition coefficient (Wildman–Crippen LogP) is 7.00. The molecule has 0 atom stereocenters. The number of hydrogen-bond donors (Lipinski definition) is 2. The molecule has 0 aromatic heterocycles. The van der Waals surface area contributed by atoms with Gasteiger partial charge in [-0.15, -0.1) is 0 Å². The molecule has 0 heterocycles. The Kier molecular flexibility index (Phi) is 11.5. The van der Waals surface area contributed by atoms with Gasteiger partial charge in [0.05, 0.1) is 53.4 Å². The fraction of sp³-hybridized carbons (Fsp3) is 0.188. The number of aromatic carboxylic acids is 2. The lowest BCUT2D eigenvalue weighted by Crippen LogP contribution is -2.34. The molecule has 204 valence electrons. The Morgan fingerprint density at radius 3 is 1.03 bits per heavy atom. The molecule has 0 fully saturated rings. The summed E-state index contributed by atoms with van der Waals surface area (Å²) >= 11 is 1.14. The Morgan fingerprint density at radius 2 is 0.769 bits per heavy atom. The number of para-hydroxylation sites is 2. The Hall–Kier alpha value is -3.91. The third-order valence-corrected chi connectivity index (χ3v) is 6.67. The lowest BCUT2D eigenvalue weighted by molar-refractivity contribution is 0.0683. The van der Waals surface area contributed by atoms with Crippen molar-refractivity contribution in [1.82, 2.24) is 8.97 Å². The molecule has 6 nitrogen and oxygen atoms in total. The van der Waals surface area contributed by atoms with Crippen LogP contribution in [-0.2, 0) is 0 Å². The summed E-state index contributed by atoms with van der Waals surface area (Å²) < 4.78 is 1.78. The van der Waals surface area contributed by atoms with Crippen LogP contribution < -0.4 is 8.97 Å². The van der Waals surface area contributed by atoms with Gasteiger partial charge in [-0.25, -0.2) is 9.59 Å². The average molecular weight is 547 g/mol. The first-order valence-electron chi connectivity index (χ1n) is 12.4. The number of carbonyl (C=O) groups is 2. The van der Waals surface area contributed by atoms with Crippen LogP contribution in [0, 0.1) is 0 Å². The summed E-state index contributed by atoms with van der Waals surface area (Å²) in [6, 6.07) is 33.9. The van der Waals surface area contributed by atoms with Crippen LogP contribution >= 0.6 is 11.8 Å². The van der Waals surface area contributed by atoms with Gasteiger partial charge in [-0.2, -0.15) is 0 Å². The minimum Gasteiger partial charge on any atom is -0.478 e. The van der Waals surface area contributed by atoms with E-state index in [1.54, 1.807) is 36.4 Å². The van der Waals surface area contributed by atoms with Crippen molar-refractivity contribution in [3.05, 3.63) is 120 Å². The summed E-state index contributed by atoms with van der Waals surface area (Å²) in [5.41, 5.74) is 2.99. The highest BCUT2D eigenvalue weighted by atomic mass is 32.2. The summed E-state index contributed by atoms with van der Waals surface area (Å²) in [5.74, 6) is -2.06. The Balaban J connectivity index is 0.000000225. The van der Waals surface area contributed by atoms with Gasteiger partial charge in [0.1, 0.15) is 11.4 Å². The van der Waals surface area contributed by atoms with Gasteiger partial charge in [0.15, 0.2) is 0 Å². The van der Waals surface area contributed by atoms with Crippen molar-refractivity contribution < 1.29 is 19.8 Å². The number of rotatable bonds is 6. The van der Waals surface area contributed by atoms with Gasteiger partial charge in [-0.3, -0.25) is 8.97 Å². The maximum Gasteiger partial charge on any atom is 0.336 e. The SMILES string of the molecule is C[N+](C)(C)c1ccccc1.C[N+](C)(C)c1ccccc1.O=C(O)c1ccccc1Sc1ccccc1C(=O)O. The second kappa shape index (κ2) is 14.3. The zero-order valence-electron chi connectivity index (χ0n) is 23.4. The third kappa shape index (κ3) is 10.4. The first-order valence-corrected chi connectivity index (χ1v) is 13.2. The summed E-state index contributed by atoms with van der Waals surface area (Å²) in [5, 5.41) is 18.2. The summed E-state index contributed by atoms with van der Waals surface area (Å²) in [6.45, 7) is 0. The Bertz CT molecular complexity index is 1240. The van der Waals surface area contributed by atoms with Crippen molar-refractivity contribution in [2.75, 3.05) is 42.3 Å². The number of carboxylic acid groups (broad SMARTS) is 2. The van der Waals surface area contributed by atoms with Gasteiger partial charge in [-0.1, -0.05) is 72.4 Å². The summed E-state index contributed by atoms with van der Waals surface area (Å²) in [7, 11) is 13.0. The molecule has 0 radical (unpaired) electrons. The molecule has 0 spiro atoms. The molecule has 0 amide bonds. The maximum absolute atomic E-state index is 11.1. The Labute approximate surface area is 236 Å². The lowest BCUT2D eigenvalue weighted by Gasteiger charge is -2.22. The highest BCUT2D eigenvalue weighted by Gasteiger charge is 2.15. The molecule has 0 saturated carbocycles. The smallest absolute Gasteiger partial charge is 0.336 e. The van der Waals surface area contributed by atoms with Gasteiger partial charge in [0.25, 0.3) is 0 Å². The zero-order chi connectivity index (χ0) is 29.1. The van der Waals surface area contributed by atoms with Gasteiger partial charge >= 0.3 is 11.9 Å². The van der Waals surface area contributed by atoms with Crippen LogP contribution in [0.4, 0.5) is 11.4 Å². The molecule has 4 rings (SSSR count). The Morgan fingerprint density at radius 1 is 0.487 bits per heavy atom. The number of quaternary nitrogens is 2. The summed E-state index contributed by atoms with van der Waals surface area (Å²) in [4.78, 5) is 23.2. The second-order valence-corrected chi connectivity index (χ2v) is 11.5. The van der Waals surface area contributed by atoms with Gasteiger partial charge in [-0.05, 0) is 48.5 Å². The van der Waals surface area contributed by atoms with E-state index in [4.69, 9.17) is 10.2 Å². The zero-order valence-corrected chi connectivity index (χ0v) is 24.2. The number of hydrogen-bond acceptors (Lipinski definition) is 3. The highest BCUT2D eigenvalue weighted by Crippen LogP contribution is 2.32. The second-order valence-electron chi connectivity index (χ2n) is 10.4. The van der Waals surface area contributed by atoms with E-state index in [2.05, 4.69) is 90.8 Å². The molecule has 0 aliphatic rings. The molecule has 0 aliphatic heterocycles. The monoisotopic (exact) mass is 546 g/mol. The molecular weight excluding hydrogens is 508 g/mol. The van der Waals surface area contributed by atoms with Crippen LogP contribution in [-0.4, -0.2) is 64.4 Å². The molecule has 39 heavy (non-hydrogen) atoms. The number of nitrogens with zero attached hydrogens (tertiary/aromatic N) is 2. The van der Waals surface area contributed by atoms with Crippen molar-refractivity contribution in [2.24, 2.45) is 0 Å². The van der Waals surface area contributed by atoms with E-state index in [1.807, 2.05) is 12.1 Å². The predicted molar refractivity (Wildman–Crippen MR) is 163 cm³/mol. The number of benzene rings is 4. The quantitative estimate of drug-likeness (QED) is 0.255. The minimum absolute atomic E-state index is 0.160. The molecule has 2 N–H and O–H groups in total. The molecular formula is C32H38N2O4S+2. The van der Waals surface area contributed by atoms with Crippen LogP contribution in [0.1, 0.15) is 20.7 Å². The van der Waals surface area contributed by atoms with E-state index in [9.17, 15) is 9.59 Å². The van der Waals surface area contributed by atoms with Gasteiger partial charge < -0.3 is 10.2 Å². The van der Waals surface area contributed by atoms with Gasteiger partial charge in [0, 0.05) is 9.79 Å². The highest BCUT2D eigenvalue weighted by molar-refractivity contribution is 7.99. The van der Waals surface area contributed by atoms with Crippen LogP contribution in [0.5, 0.6) is 0 Å². The van der Waals surface area contributed by atoms with Crippen molar-refractivity contribution in [3.8, 4) is 0 Å². The fourth-order valence-corrected chi connectivity index (χ4v) is 4.39. The van der Waals surface area contributed by atoms with Gasteiger partial charge in [0.2, 0.25) is 0 Å². The fourth-order valence-electron chi connectivity index (χ4n) is 3.33. The number of carboxylic acids is 2. The van der Waals surface area contributed by atoms with Crippen molar-refractivity contribution in [2.45, 2.75) is 9.79 Å². The molecule has 0 unspecified atom stereocenters. The maximum atomic E-state index is 11.1. The van der Waals surface area contributed by atoms with Crippen molar-refractivity contribution in [3.63, 3.8) is 0 Å². The summed E-state index contributed by atoms with van der Waals surface area (Å²) in [6.07, 6.45) is 0. The first-order chi connectivity index (χ1) is 18.3. The van der Waals surface area contributed by atoms with Crippen LogP contribution in [0.3, 0.4) is 0 Å². The van der Waals surface area contributed by atoms with E-state index in [1.165, 1.54) is 23.5 Å². The largest absolute Gasteiger partial charge is 0.478 e. The van der Waals surface area contributed by atoms with Crippen molar-refractivity contribution >= 4 is 35.1 Å². The lowest BCUT2D eigenvalue weighted by atomic mass is 10.2. The molecule has 0 aliphatic carbocycles. The third-order valence-electron chi connectivity index (χ3n) is 5.52. The van der Waals surface area contributed by atoms with Crippen molar-refractivity contribution in [1.29, 1.82) is 0 Å². The van der Waals surface area contributed by atoms with E-state index >= 15 is 0 Å². The average Bonchev–Trinajstić information content (AvgIpc) is 2.90.